The van der Waals surface area contributed by atoms with Gasteiger partial charge in [-0.05, 0) is 31.6 Å². The first-order valence-electron chi connectivity index (χ1n) is 6.72. The quantitative estimate of drug-likeness (QED) is 0.837. The van der Waals surface area contributed by atoms with E-state index in [9.17, 15) is 22.8 Å². The molecule has 7 heteroatoms. The van der Waals surface area contributed by atoms with E-state index in [4.69, 9.17) is 5.11 Å². The third-order valence-corrected chi connectivity index (χ3v) is 3.79. The molecule has 0 spiro atoms. The highest BCUT2D eigenvalue weighted by Crippen LogP contribution is 2.39. The molecule has 0 radical (unpaired) electrons. The molecule has 1 aliphatic rings. The van der Waals surface area contributed by atoms with Gasteiger partial charge in [-0.25, -0.2) is 4.79 Å². The fourth-order valence-electron chi connectivity index (χ4n) is 2.47. The summed E-state index contributed by atoms with van der Waals surface area (Å²) in [4.78, 5) is 22.9. The Labute approximate surface area is 115 Å². The van der Waals surface area contributed by atoms with Gasteiger partial charge in [0.2, 0.25) is 5.91 Å². The van der Waals surface area contributed by atoms with Gasteiger partial charge in [0.25, 0.3) is 0 Å². The molecular weight excluding hydrogens is 275 g/mol. The molecule has 20 heavy (non-hydrogen) atoms. The van der Waals surface area contributed by atoms with Crippen molar-refractivity contribution in [2.75, 3.05) is 0 Å². The van der Waals surface area contributed by atoms with Crippen LogP contribution in [0.5, 0.6) is 0 Å². The van der Waals surface area contributed by atoms with E-state index in [1.165, 1.54) is 0 Å². The van der Waals surface area contributed by atoms with Crippen LogP contribution in [0.2, 0.25) is 0 Å². The van der Waals surface area contributed by atoms with Gasteiger partial charge in [-0.1, -0.05) is 13.8 Å². The van der Waals surface area contributed by atoms with Crippen molar-refractivity contribution in [3.8, 4) is 0 Å². The Morgan fingerprint density at radius 3 is 2.00 bits per heavy atom. The molecule has 0 aliphatic heterocycles. The maximum Gasteiger partial charge on any atom is 0.391 e. The first-order valence-corrected chi connectivity index (χ1v) is 6.72. The predicted octanol–water partition coefficient (Wildman–Crippen LogP) is 2.58. The molecule has 1 saturated carbocycles. The van der Waals surface area contributed by atoms with Gasteiger partial charge >= 0.3 is 12.1 Å². The summed E-state index contributed by atoms with van der Waals surface area (Å²) >= 11 is 0. The molecule has 0 saturated heterocycles. The number of hydrogen-bond acceptors (Lipinski definition) is 2. The Morgan fingerprint density at radius 1 is 1.15 bits per heavy atom. The third-order valence-electron chi connectivity index (χ3n) is 3.79. The summed E-state index contributed by atoms with van der Waals surface area (Å²) < 4.78 is 37.5. The minimum absolute atomic E-state index is 0.0684. The van der Waals surface area contributed by atoms with Gasteiger partial charge in [0.1, 0.15) is 6.04 Å². The van der Waals surface area contributed by atoms with Crippen LogP contribution in [-0.2, 0) is 9.59 Å². The number of aliphatic carboxylic acids is 1. The van der Waals surface area contributed by atoms with Gasteiger partial charge in [-0.2, -0.15) is 13.2 Å². The van der Waals surface area contributed by atoms with Gasteiger partial charge in [0.05, 0.1) is 5.92 Å². The van der Waals surface area contributed by atoms with Crippen LogP contribution < -0.4 is 5.32 Å². The highest BCUT2D eigenvalue weighted by molar-refractivity contribution is 5.85. The van der Waals surface area contributed by atoms with Gasteiger partial charge in [0, 0.05) is 5.92 Å². The van der Waals surface area contributed by atoms with Crippen LogP contribution >= 0.6 is 0 Å². The lowest BCUT2D eigenvalue weighted by molar-refractivity contribution is -0.184. The number of carbonyl (C=O) groups excluding carboxylic acids is 1. The van der Waals surface area contributed by atoms with Crippen molar-refractivity contribution in [2.24, 2.45) is 17.8 Å². The van der Waals surface area contributed by atoms with Crippen molar-refractivity contribution in [1.29, 1.82) is 0 Å². The number of carboxylic acids is 1. The van der Waals surface area contributed by atoms with E-state index in [2.05, 4.69) is 5.32 Å². The molecule has 0 heterocycles. The van der Waals surface area contributed by atoms with E-state index in [1.807, 2.05) is 0 Å². The van der Waals surface area contributed by atoms with Crippen molar-refractivity contribution in [1.82, 2.24) is 5.32 Å². The summed E-state index contributed by atoms with van der Waals surface area (Å²) in [6, 6.07) is -0.997. The third kappa shape index (κ3) is 4.38. The molecule has 0 bridgehead atoms. The monoisotopic (exact) mass is 295 g/mol. The van der Waals surface area contributed by atoms with Gasteiger partial charge in [-0.15, -0.1) is 0 Å². The zero-order valence-electron chi connectivity index (χ0n) is 11.5. The summed E-state index contributed by atoms with van der Waals surface area (Å²) in [5.41, 5.74) is 0. The average molecular weight is 295 g/mol. The molecule has 0 aromatic heterocycles. The van der Waals surface area contributed by atoms with Crippen LogP contribution in [-0.4, -0.2) is 29.2 Å². The fourth-order valence-corrected chi connectivity index (χ4v) is 2.47. The van der Waals surface area contributed by atoms with Crippen LogP contribution in [0.4, 0.5) is 13.2 Å². The summed E-state index contributed by atoms with van der Waals surface area (Å²) in [5, 5.41) is 11.4. The zero-order chi connectivity index (χ0) is 15.5. The van der Waals surface area contributed by atoms with Crippen molar-refractivity contribution in [2.45, 2.75) is 51.7 Å². The second kappa shape index (κ2) is 6.45. The molecule has 116 valence electrons. The molecule has 2 N–H and O–H groups in total. The summed E-state index contributed by atoms with van der Waals surface area (Å²) in [6.45, 7) is 3.33. The number of carbonyl (C=O) groups is 2. The molecule has 0 aromatic carbocycles. The second-order valence-electron chi connectivity index (χ2n) is 5.66. The number of halogens is 3. The Hall–Kier alpha value is -1.27. The second-order valence-corrected chi connectivity index (χ2v) is 5.66. The first kappa shape index (κ1) is 16.8. The topological polar surface area (TPSA) is 66.4 Å². The first-order chi connectivity index (χ1) is 9.12. The van der Waals surface area contributed by atoms with Gasteiger partial charge in [-0.3, -0.25) is 4.79 Å². The number of alkyl halides is 3. The molecule has 1 fully saturated rings. The van der Waals surface area contributed by atoms with Crippen LogP contribution in [0.3, 0.4) is 0 Å². The fraction of sp³-hybridized carbons (Fsp3) is 0.846. The predicted molar refractivity (Wildman–Crippen MR) is 65.9 cm³/mol. The average Bonchev–Trinajstić information content (AvgIpc) is 2.34. The number of amides is 1. The van der Waals surface area contributed by atoms with Crippen LogP contribution in [0.25, 0.3) is 0 Å². The van der Waals surface area contributed by atoms with Crippen molar-refractivity contribution < 1.29 is 27.9 Å². The number of rotatable bonds is 4. The molecule has 1 rings (SSSR count). The molecule has 1 unspecified atom stereocenters. The molecule has 1 amide bonds. The molecule has 4 nitrogen and oxygen atoms in total. The SMILES string of the molecule is CC(C)C(NC(=O)C1CCC(C(F)(F)F)CC1)C(=O)O. The largest absolute Gasteiger partial charge is 0.480 e. The summed E-state index contributed by atoms with van der Waals surface area (Å²) in [6.07, 6.45) is -4.04. The summed E-state index contributed by atoms with van der Waals surface area (Å²) in [7, 11) is 0. The minimum atomic E-state index is -4.21. The molecule has 0 aromatic rings. The Morgan fingerprint density at radius 2 is 1.65 bits per heavy atom. The highest BCUT2D eigenvalue weighted by Gasteiger charge is 2.42. The van der Waals surface area contributed by atoms with Crippen molar-refractivity contribution in [3.05, 3.63) is 0 Å². The lowest BCUT2D eigenvalue weighted by atomic mass is 9.81. The number of hydrogen-bond donors (Lipinski definition) is 2. The smallest absolute Gasteiger partial charge is 0.391 e. The summed E-state index contributed by atoms with van der Waals surface area (Å²) in [5.74, 6) is -3.71. The van der Waals surface area contributed by atoms with Crippen LogP contribution in [0.15, 0.2) is 0 Å². The highest BCUT2D eigenvalue weighted by atomic mass is 19.4. The van der Waals surface area contributed by atoms with Gasteiger partial charge < -0.3 is 10.4 Å². The van der Waals surface area contributed by atoms with E-state index in [0.29, 0.717) is 0 Å². The lowest BCUT2D eigenvalue weighted by Crippen LogP contribution is -2.47. The normalized spacial score (nSPS) is 25.3. The Kier molecular flexibility index (Phi) is 5.42. The maximum absolute atomic E-state index is 12.5. The standard InChI is InChI=1S/C13H20F3NO3/c1-7(2)10(12(19)20)17-11(18)8-3-5-9(6-4-8)13(14,15)16/h7-10H,3-6H2,1-2H3,(H,17,18)(H,19,20). The molecular formula is C13H20F3NO3. The van der Waals surface area contributed by atoms with E-state index >= 15 is 0 Å². The van der Waals surface area contributed by atoms with Crippen LogP contribution in [0.1, 0.15) is 39.5 Å². The number of nitrogens with one attached hydrogen (secondary N) is 1. The van der Waals surface area contributed by atoms with E-state index in [0.717, 1.165) is 0 Å². The maximum atomic E-state index is 12.5. The van der Waals surface area contributed by atoms with Crippen molar-refractivity contribution >= 4 is 11.9 Å². The molecule has 1 aliphatic carbocycles. The number of carboxylic acid groups (broad SMARTS) is 1. The van der Waals surface area contributed by atoms with Gasteiger partial charge in [0.15, 0.2) is 0 Å². The molecule has 1 atom stereocenters. The zero-order valence-corrected chi connectivity index (χ0v) is 11.5. The Balaban J connectivity index is 2.53. The lowest BCUT2D eigenvalue weighted by Gasteiger charge is -2.30. The Bertz CT molecular complexity index is 360. The van der Waals surface area contributed by atoms with E-state index in [1.54, 1.807) is 13.8 Å². The van der Waals surface area contributed by atoms with Crippen LogP contribution in [0, 0.1) is 17.8 Å². The minimum Gasteiger partial charge on any atom is -0.480 e. The van der Waals surface area contributed by atoms with E-state index in [-0.39, 0.29) is 31.6 Å². The van der Waals surface area contributed by atoms with E-state index < -0.39 is 35.9 Å². The van der Waals surface area contributed by atoms with Crippen molar-refractivity contribution in [3.63, 3.8) is 0 Å².